The predicted molar refractivity (Wildman–Crippen MR) is 64.6 cm³/mol. The van der Waals surface area contributed by atoms with Crippen molar-refractivity contribution >= 4 is 0 Å². The Morgan fingerprint density at radius 2 is 2.35 bits per heavy atom. The molecule has 0 aliphatic carbocycles. The zero-order valence-electron chi connectivity index (χ0n) is 10.3. The van der Waals surface area contributed by atoms with Gasteiger partial charge in [-0.2, -0.15) is 0 Å². The van der Waals surface area contributed by atoms with Gasteiger partial charge in [-0.05, 0) is 13.5 Å². The third-order valence-corrected chi connectivity index (χ3v) is 2.57. The van der Waals surface area contributed by atoms with Gasteiger partial charge >= 0.3 is 0 Å². The van der Waals surface area contributed by atoms with E-state index in [1.54, 1.807) is 0 Å². The van der Waals surface area contributed by atoms with E-state index in [9.17, 15) is 0 Å². The first kappa shape index (κ1) is 11.9. The van der Waals surface area contributed by atoms with Gasteiger partial charge in [0.25, 0.3) is 0 Å². The van der Waals surface area contributed by atoms with Gasteiger partial charge in [-0.15, -0.1) is 0 Å². The highest BCUT2D eigenvalue weighted by Crippen LogP contribution is 2.09. The van der Waals surface area contributed by atoms with E-state index in [-0.39, 0.29) is 0 Å². The number of hydrogen-bond donors (Lipinski definition) is 1. The zero-order valence-corrected chi connectivity index (χ0v) is 10.3. The third-order valence-electron chi connectivity index (χ3n) is 2.57. The number of hydrogen-bond acceptors (Lipinski definition) is 4. The third kappa shape index (κ3) is 2.94. The van der Waals surface area contributed by atoms with Gasteiger partial charge in [0.2, 0.25) is 0 Å². The van der Waals surface area contributed by atoms with Gasteiger partial charge in [0, 0.05) is 31.4 Å². The van der Waals surface area contributed by atoms with Gasteiger partial charge in [0.05, 0.1) is 12.2 Å². The summed E-state index contributed by atoms with van der Waals surface area (Å²) in [6, 6.07) is 1.98. The number of rotatable bonds is 6. The first-order valence-electron chi connectivity index (χ1n) is 5.92. The largest absolute Gasteiger partial charge is 0.359 e. The van der Waals surface area contributed by atoms with Crippen LogP contribution in [-0.4, -0.2) is 21.8 Å². The van der Waals surface area contributed by atoms with E-state index in [0.29, 0.717) is 6.54 Å². The molecule has 0 saturated carbocycles. The summed E-state index contributed by atoms with van der Waals surface area (Å²) in [6.45, 7) is 3.58. The SMILES string of the molecule is CCCc1nccn1Cc1cc(CNC)no1. The topological polar surface area (TPSA) is 55.9 Å². The van der Waals surface area contributed by atoms with Gasteiger partial charge < -0.3 is 14.4 Å². The van der Waals surface area contributed by atoms with Crippen molar-refractivity contribution in [3.63, 3.8) is 0 Å². The highest BCUT2D eigenvalue weighted by Gasteiger charge is 2.07. The molecule has 0 radical (unpaired) electrons. The predicted octanol–water partition coefficient (Wildman–Crippen LogP) is 1.59. The highest BCUT2D eigenvalue weighted by atomic mass is 16.5. The van der Waals surface area contributed by atoms with Crippen LogP contribution in [0.4, 0.5) is 0 Å². The minimum atomic E-state index is 0.700. The van der Waals surface area contributed by atoms with Gasteiger partial charge in [-0.25, -0.2) is 4.98 Å². The van der Waals surface area contributed by atoms with Crippen LogP contribution < -0.4 is 5.32 Å². The maximum Gasteiger partial charge on any atom is 0.156 e. The lowest BCUT2D eigenvalue weighted by Gasteiger charge is -2.03. The molecule has 0 atom stereocenters. The molecular formula is C12H18N4O. The molecule has 92 valence electrons. The van der Waals surface area contributed by atoms with Gasteiger partial charge in [0.15, 0.2) is 5.76 Å². The van der Waals surface area contributed by atoms with Crippen LogP contribution in [0, 0.1) is 0 Å². The Hall–Kier alpha value is -1.62. The number of nitrogens with one attached hydrogen (secondary N) is 1. The molecule has 1 N–H and O–H groups in total. The van der Waals surface area contributed by atoms with Gasteiger partial charge in [0.1, 0.15) is 5.82 Å². The van der Waals surface area contributed by atoms with Gasteiger partial charge in [-0.3, -0.25) is 0 Å². The lowest BCUT2D eigenvalue weighted by Crippen LogP contribution is -2.05. The van der Waals surface area contributed by atoms with E-state index in [2.05, 4.69) is 26.9 Å². The number of imidazole rings is 1. The summed E-state index contributed by atoms with van der Waals surface area (Å²) >= 11 is 0. The fourth-order valence-electron chi connectivity index (χ4n) is 1.80. The lowest BCUT2D eigenvalue weighted by molar-refractivity contribution is 0.368. The summed E-state index contributed by atoms with van der Waals surface area (Å²) in [5.41, 5.74) is 0.930. The van der Waals surface area contributed by atoms with Crippen LogP contribution in [0.3, 0.4) is 0 Å². The molecule has 2 aromatic rings. The van der Waals surface area contributed by atoms with Crippen LogP contribution in [0.15, 0.2) is 23.0 Å². The summed E-state index contributed by atoms with van der Waals surface area (Å²) in [4.78, 5) is 4.33. The van der Waals surface area contributed by atoms with Crippen molar-refractivity contribution in [3.8, 4) is 0 Å². The molecule has 0 unspecified atom stereocenters. The standard InChI is InChI=1S/C12H18N4O/c1-3-4-12-14-5-6-16(12)9-11-7-10(8-13-2)15-17-11/h5-7,13H,3-4,8-9H2,1-2H3. The summed E-state index contributed by atoms with van der Waals surface area (Å²) in [5, 5.41) is 7.04. The molecule has 0 amide bonds. The second kappa shape index (κ2) is 5.63. The molecule has 2 rings (SSSR count). The summed E-state index contributed by atoms with van der Waals surface area (Å²) in [7, 11) is 1.89. The Balaban J connectivity index is 2.05. The monoisotopic (exact) mass is 234 g/mol. The van der Waals surface area contributed by atoms with Crippen LogP contribution in [0.2, 0.25) is 0 Å². The fourth-order valence-corrected chi connectivity index (χ4v) is 1.80. The van der Waals surface area contributed by atoms with Crippen molar-refractivity contribution < 1.29 is 4.52 Å². The maximum absolute atomic E-state index is 5.29. The molecule has 2 heterocycles. The Labute approximate surface area is 101 Å². The molecule has 0 aliphatic rings. The summed E-state index contributed by atoms with van der Waals surface area (Å²) in [6.07, 6.45) is 5.89. The smallest absolute Gasteiger partial charge is 0.156 e. The molecule has 0 saturated heterocycles. The quantitative estimate of drug-likeness (QED) is 0.824. The maximum atomic E-state index is 5.29. The van der Waals surface area contributed by atoms with Crippen molar-refractivity contribution in [1.82, 2.24) is 20.0 Å². The molecule has 0 aliphatic heterocycles. The Morgan fingerprint density at radius 3 is 3.12 bits per heavy atom. The van der Waals surface area contributed by atoms with Crippen molar-refractivity contribution in [3.05, 3.63) is 35.7 Å². The summed E-state index contributed by atoms with van der Waals surface area (Å²) < 4.78 is 7.39. The minimum Gasteiger partial charge on any atom is -0.359 e. The van der Waals surface area contributed by atoms with Crippen LogP contribution in [0.1, 0.15) is 30.6 Å². The van der Waals surface area contributed by atoms with Crippen LogP contribution in [0.25, 0.3) is 0 Å². The average molecular weight is 234 g/mol. The molecule has 5 heteroatoms. The molecule has 0 spiro atoms. The minimum absolute atomic E-state index is 0.700. The Bertz CT molecular complexity index is 461. The van der Waals surface area contributed by atoms with Gasteiger partial charge in [-0.1, -0.05) is 12.1 Å². The second-order valence-electron chi connectivity index (χ2n) is 4.04. The lowest BCUT2D eigenvalue weighted by atomic mass is 10.3. The average Bonchev–Trinajstić information content (AvgIpc) is 2.91. The molecule has 2 aromatic heterocycles. The van der Waals surface area contributed by atoms with Crippen LogP contribution in [0.5, 0.6) is 0 Å². The van der Waals surface area contributed by atoms with E-state index < -0.39 is 0 Å². The van der Waals surface area contributed by atoms with Crippen LogP contribution in [-0.2, 0) is 19.5 Å². The number of nitrogens with zero attached hydrogens (tertiary/aromatic N) is 3. The summed E-state index contributed by atoms with van der Waals surface area (Å²) in [5.74, 6) is 1.96. The highest BCUT2D eigenvalue weighted by molar-refractivity contribution is 5.07. The first-order valence-corrected chi connectivity index (χ1v) is 5.92. The second-order valence-corrected chi connectivity index (χ2v) is 4.04. The van der Waals surface area contributed by atoms with Crippen molar-refractivity contribution in [2.45, 2.75) is 32.9 Å². The Morgan fingerprint density at radius 1 is 1.47 bits per heavy atom. The Kier molecular flexibility index (Phi) is 3.93. The van der Waals surface area contributed by atoms with Crippen molar-refractivity contribution in [2.24, 2.45) is 0 Å². The molecular weight excluding hydrogens is 216 g/mol. The molecule has 17 heavy (non-hydrogen) atoms. The fraction of sp³-hybridized carbons (Fsp3) is 0.500. The molecule has 0 aromatic carbocycles. The molecule has 0 bridgehead atoms. The number of aryl methyl sites for hydroxylation is 1. The normalized spacial score (nSPS) is 10.9. The van der Waals surface area contributed by atoms with E-state index >= 15 is 0 Å². The van der Waals surface area contributed by atoms with E-state index in [1.165, 1.54) is 0 Å². The molecule has 0 fully saturated rings. The number of aromatic nitrogens is 3. The van der Waals surface area contributed by atoms with E-state index in [0.717, 1.165) is 36.7 Å². The zero-order chi connectivity index (χ0) is 12.1. The van der Waals surface area contributed by atoms with Crippen molar-refractivity contribution in [2.75, 3.05) is 7.05 Å². The van der Waals surface area contributed by atoms with Crippen LogP contribution >= 0.6 is 0 Å². The molecule has 5 nitrogen and oxygen atoms in total. The van der Waals surface area contributed by atoms with E-state index in [1.807, 2.05) is 25.5 Å². The van der Waals surface area contributed by atoms with E-state index in [4.69, 9.17) is 4.52 Å². The first-order chi connectivity index (χ1) is 8.33. The van der Waals surface area contributed by atoms with Crippen molar-refractivity contribution in [1.29, 1.82) is 0 Å².